The minimum atomic E-state index is -0.673. The van der Waals surface area contributed by atoms with Gasteiger partial charge in [0.05, 0.1) is 5.92 Å². The van der Waals surface area contributed by atoms with Crippen LogP contribution in [0.25, 0.3) is 0 Å². The van der Waals surface area contributed by atoms with E-state index in [0.29, 0.717) is 6.42 Å². The molecular weight excluding hydrogens is 123 g/mol. The zero-order valence-corrected chi connectivity index (χ0v) is 6.26. The number of allylic oxidation sites excluding steroid dienone is 1. The second-order valence-corrected chi connectivity index (χ2v) is 2.53. The summed E-state index contributed by atoms with van der Waals surface area (Å²) in [5.74, 6) is -0.814. The Morgan fingerprint density at radius 1 is 1.80 bits per heavy atom. The fraction of sp³-hybridized carbons (Fsp3) is 0.571. The van der Waals surface area contributed by atoms with Gasteiger partial charge in [-0.2, -0.15) is 0 Å². The van der Waals surface area contributed by atoms with Gasteiger partial charge < -0.3 is 6.53 Å². The Balaban J connectivity index is 0. The molecule has 0 bridgehead atoms. The number of rotatable bonds is 1. The predicted octanol–water partition coefficient (Wildman–Crippen LogP) is -1.46. The van der Waals surface area contributed by atoms with E-state index in [0.717, 1.165) is 18.4 Å². The molecule has 0 aromatic rings. The smallest absolute Gasteiger partial charge is 1.00 e. The van der Waals surface area contributed by atoms with E-state index in [1.165, 1.54) is 0 Å². The number of carbonyl (C=O) groups is 1. The molecule has 0 aromatic carbocycles. The van der Waals surface area contributed by atoms with Crippen LogP contribution >= 0.6 is 0 Å². The molecule has 0 saturated heterocycles. The molecule has 1 rings (SSSR count). The Kier molecular flexibility index (Phi) is 3.78. The van der Waals surface area contributed by atoms with Crippen LogP contribution in [0.1, 0.15) is 20.7 Å². The van der Waals surface area contributed by atoms with E-state index in [4.69, 9.17) is 5.11 Å². The largest absolute Gasteiger partial charge is 1.00 e. The maximum atomic E-state index is 10.3. The molecule has 2 nitrogen and oxygen atoms in total. The van der Waals surface area contributed by atoms with Crippen molar-refractivity contribution in [3.05, 3.63) is 12.2 Å². The Morgan fingerprint density at radius 3 is 2.60 bits per heavy atom. The third kappa shape index (κ3) is 2.21. The molecular formula is C7H11LiO2. The normalized spacial score (nSPS) is 24.0. The summed E-state index contributed by atoms with van der Waals surface area (Å²) in [4.78, 5) is 10.3. The third-order valence-corrected chi connectivity index (χ3v) is 1.73. The van der Waals surface area contributed by atoms with Gasteiger partial charge in [0.15, 0.2) is 0 Å². The fourth-order valence-electron chi connectivity index (χ4n) is 1.14. The SMILES string of the molecule is C=C1CCC(C(=O)O)C1.[H-].[Li+]. The van der Waals surface area contributed by atoms with Crippen molar-refractivity contribution in [2.24, 2.45) is 5.92 Å². The number of carboxylic acids is 1. The van der Waals surface area contributed by atoms with E-state index in [-0.39, 0.29) is 26.2 Å². The van der Waals surface area contributed by atoms with E-state index >= 15 is 0 Å². The van der Waals surface area contributed by atoms with Gasteiger partial charge in [-0.05, 0) is 19.3 Å². The van der Waals surface area contributed by atoms with E-state index in [9.17, 15) is 4.79 Å². The van der Waals surface area contributed by atoms with Gasteiger partial charge in [-0.15, -0.1) is 0 Å². The molecule has 0 amide bonds. The van der Waals surface area contributed by atoms with Crippen molar-refractivity contribution in [3.63, 3.8) is 0 Å². The quantitative estimate of drug-likeness (QED) is 0.351. The van der Waals surface area contributed by atoms with Crippen molar-refractivity contribution < 1.29 is 30.2 Å². The van der Waals surface area contributed by atoms with E-state index in [1.807, 2.05) is 0 Å². The molecule has 52 valence electrons. The molecule has 1 atom stereocenters. The van der Waals surface area contributed by atoms with Crippen LogP contribution in [0.2, 0.25) is 0 Å². The van der Waals surface area contributed by atoms with Crippen LogP contribution in [0.3, 0.4) is 0 Å². The molecule has 10 heavy (non-hydrogen) atoms. The minimum Gasteiger partial charge on any atom is -1.00 e. The molecule has 0 radical (unpaired) electrons. The van der Waals surface area contributed by atoms with Crippen LogP contribution in [0, 0.1) is 5.92 Å². The standard InChI is InChI=1S/C7H10O2.Li.H/c1-5-2-3-6(4-5)7(8)9;;/h6H,1-4H2,(H,8,9);;/q;+1;-1. The molecule has 0 aliphatic heterocycles. The zero-order chi connectivity index (χ0) is 6.85. The number of hydrogen-bond donors (Lipinski definition) is 1. The third-order valence-electron chi connectivity index (χ3n) is 1.73. The molecule has 0 spiro atoms. The summed E-state index contributed by atoms with van der Waals surface area (Å²) in [6.07, 6.45) is 2.38. The molecule has 1 aliphatic carbocycles. The summed E-state index contributed by atoms with van der Waals surface area (Å²) in [5, 5.41) is 8.49. The van der Waals surface area contributed by atoms with Crippen LogP contribution in [0.15, 0.2) is 12.2 Å². The molecule has 1 saturated carbocycles. The maximum absolute atomic E-state index is 10.3. The maximum Gasteiger partial charge on any atom is 1.00 e. The Morgan fingerprint density at radius 2 is 2.40 bits per heavy atom. The molecule has 0 heterocycles. The molecule has 3 heteroatoms. The van der Waals surface area contributed by atoms with Crippen LogP contribution in [-0.2, 0) is 4.79 Å². The Labute approximate surface area is 74.0 Å². The van der Waals surface area contributed by atoms with E-state index in [1.54, 1.807) is 0 Å². The molecule has 0 aromatic heterocycles. The number of carboxylic acid groups (broad SMARTS) is 1. The van der Waals surface area contributed by atoms with Crippen molar-refractivity contribution in [2.45, 2.75) is 19.3 Å². The second kappa shape index (κ2) is 3.85. The molecule has 1 unspecified atom stereocenters. The number of hydrogen-bond acceptors (Lipinski definition) is 1. The van der Waals surface area contributed by atoms with E-state index < -0.39 is 5.97 Å². The summed E-state index contributed by atoms with van der Waals surface area (Å²) < 4.78 is 0. The van der Waals surface area contributed by atoms with Gasteiger partial charge in [0.25, 0.3) is 0 Å². The summed E-state index contributed by atoms with van der Waals surface area (Å²) >= 11 is 0. The van der Waals surface area contributed by atoms with Crippen molar-refractivity contribution in [1.82, 2.24) is 0 Å². The van der Waals surface area contributed by atoms with Crippen molar-refractivity contribution in [1.29, 1.82) is 0 Å². The summed E-state index contributed by atoms with van der Waals surface area (Å²) in [6, 6.07) is 0. The Bertz CT molecular complexity index is 159. The molecule has 1 aliphatic rings. The first-order valence-electron chi connectivity index (χ1n) is 3.09. The van der Waals surface area contributed by atoms with Gasteiger partial charge in [-0.25, -0.2) is 0 Å². The number of aliphatic carboxylic acids is 1. The van der Waals surface area contributed by atoms with Gasteiger partial charge in [0, 0.05) is 0 Å². The van der Waals surface area contributed by atoms with Gasteiger partial charge in [-0.3, -0.25) is 4.79 Å². The van der Waals surface area contributed by atoms with Crippen LogP contribution in [0.4, 0.5) is 0 Å². The van der Waals surface area contributed by atoms with Crippen molar-refractivity contribution >= 4 is 5.97 Å². The average molecular weight is 134 g/mol. The first-order valence-corrected chi connectivity index (χ1v) is 3.09. The monoisotopic (exact) mass is 134 g/mol. The first kappa shape index (κ1) is 9.81. The van der Waals surface area contributed by atoms with E-state index in [2.05, 4.69) is 6.58 Å². The van der Waals surface area contributed by atoms with Gasteiger partial charge in [0.1, 0.15) is 0 Å². The zero-order valence-electron chi connectivity index (χ0n) is 7.26. The van der Waals surface area contributed by atoms with Gasteiger partial charge >= 0.3 is 24.8 Å². The Hall–Kier alpha value is -0.193. The first-order chi connectivity index (χ1) is 4.20. The van der Waals surface area contributed by atoms with Crippen LogP contribution in [-0.4, -0.2) is 11.1 Å². The van der Waals surface area contributed by atoms with Gasteiger partial charge in [0.2, 0.25) is 0 Å². The molecule has 1 N–H and O–H groups in total. The minimum absolute atomic E-state index is 0. The summed E-state index contributed by atoms with van der Waals surface area (Å²) in [7, 11) is 0. The van der Waals surface area contributed by atoms with Gasteiger partial charge in [-0.1, -0.05) is 12.2 Å². The molecule has 1 fully saturated rings. The van der Waals surface area contributed by atoms with Crippen LogP contribution < -0.4 is 18.9 Å². The summed E-state index contributed by atoms with van der Waals surface area (Å²) in [6.45, 7) is 3.72. The van der Waals surface area contributed by atoms with Crippen molar-refractivity contribution in [2.75, 3.05) is 0 Å². The summed E-state index contributed by atoms with van der Waals surface area (Å²) in [5.41, 5.74) is 1.09. The predicted molar refractivity (Wildman–Crippen MR) is 35.2 cm³/mol. The van der Waals surface area contributed by atoms with Crippen molar-refractivity contribution in [3.8, 4) is 0 Å². The van der Waals surface area contributed by atoms with Crippen LogP contribution in [0.5, 0.6) is 0 Å². The fourth-order valence-corrected chi connectivity index (χ4v) is 1.14. The second-order valence-electron chi connectivity index (χ2n) is 2.53. The topological polar surface area (TPSA) is 37.3 Å². The average Bonchev–Trinajstić information content (AvgIpc) is 2.14.